The largest absolute Gasteiger partial charge is 0.501 e. The SMILES string of the molecule is CCOC=C(C(=O)c1ccc(C(F)(F)F)cc1Sc1ccccc1)C(=O)C1CC1. The molecule has 29 heavy (non-hydrogen) atoms. The maximum atomic E-state index is 13.2. The normalized spacial score (nSPS) is 14.6. The Balaban J connectivity index is 2.03. The fourth-order valence-corrected chi connectivity index (χ4v) is 3.69. The standard InChI is InChI=1S/C22H19F3O3S/c1-2-28-13-18(20(26)14-8-9-14)21(27)17-11-10-15(22(23,24)25)12-19(17)29-16-6-4-3-5-7-16/h3-7,10-14H,2,8-9H2,1H3. The minimum Gasteiger partial charge on any atom is -0.501 e. The van der Waals surface area contributed by atoms with E-state index in [-0.39, 0.29) is 34.3 Å². The van der Waals surface area contributed by atoms with Crippen LogP contribution in [0.3, 0.4) is 0 Å². The van der Waals surface area contributed by atoms with Gasteiger partial charge in [-0.15, -0.1) is 0 Å². The summed E-state index contributed by atoms with van der Waals surface area (Å²) in [5.74, 6) is -1.16. The zero-order valence-corrected chi connectivity index (χ0v) is 16.5. The van der Waals surface area contributed by atoms with Gasteiger partial charge in [-0.05, 0) is 50.1 Å². The molecule has 7 heteroatoms. The van der Waals surface area contributed by atoms with Gasteiger partial charge in [0.2, 0.25) is 5.78 Å². The monoisotopic (exact) mass is 420 g/mol. The van der Waals surface area contributed by atoms with Crippen LogP contribution in [0.25, 0.3) is 0 Å². The van der Waals surface area contributed by atoms with Gasteiger partial charge in [0.15, 0.2) is 5.78 Å². The van der Waals surface area contributed by atoms with Gasteiger partial charge < -0.3 is 4.74 Å². The van der Waals surface area contributed by atoms with Crippen molar-refractivity contribution in [3.8, 4) is 0 Å². The maximum absolute atomic E-state index is 13.2. The summed E-state index contributed by atoms with van der Waals surface area (Å²) in [5.41, 5.74) is -0.924. The van der Waals surface area contributed by atoms with Crippen LogP contribution < -0.4 is 0 Å². The number of carbonyl (C=O) groups excluding carboxylic acids is 2. The molecule has 1 aliphatic rings. The van der Waals surface area contributed by atoms with Crippen molar-refractivity contribution in [3.05, 3.63) is 71.5 Å². The van der Waals surface area contributed by atoms with Gasteiger partial charge in [0.05, 0.1) is 18.4 Å². The van der Waals surface area contributed by atoms with E-state index in [1.807, 2.05) is 0 Å². The lowest BCUT2D eigenvalue weighted by Gasteiger charge is -2.14. The van der Waals surface area contributed by atoms with Crippen LogP contribution >= 0.6 is 11.8 Å². The molecule has 0 aliphatic heterocycles. The van der Waals surface area contributed by atoms with Crippen molar-refractivity contribution in [2.75, 3.05) is 6.61 Å². The van der Waals surface area contributed by atoms with Gasteiger partial charge in [-0.2, -0.15) is 13.2 Å². The summed E-state index contributed by atoms with van der Waals surface area (Å²) >= 11 is 1.05. The number of alkyl halides is 3. The molecule has 2 aromatic rings. The zero-order valence-electron chi connectivity index (χ0n) is 15.7. The lowest BCUT2D eigenvalue weighted by molar-refractivity contribution is -0.137. The number of ether oxygens (including phenoxy) is 1. The van der Waals surface area contributed by atoms with E-state index in [0.717, 1.165) is 36.2 Å². The van der Waals surface area contributed by atoms with Crippen LogP contribution in [0.2, 0.25) is 0 Å². The van der Waals surface area contributed by atoms with E-state index in [0.29, 0.717) is 17.7 Å². The predicted molar refractivity (Wildman–Crippen MR) is 104 cm³/mol. The Hall–Kier alpha value is -2.54. The van der Waals surface area contributed by atoms with Gasteiger partial charge in [-0.3, -0.25) is 9.59 Å². The summed E-state index contributed by atoms with van der Waals surface area (Å²) in [5, 5.41) is 0. The molecule has 3 rings (SSSR count). The highest BCUT2D eigenvalue weighted by Crippen LogP contribution is 2.38. The Morgan fingerprint density at radius 3 is 2.41 bits per heavy atom. The average Bonchev–Trinajstić information content (AvgIpc) is 3.53. The van der Waals surface area contributed by atoms with Crippen LogP contribution in [-0.2, 0) is 15.7 Å². The van der Waals surface area contributed by atoms with E-state index in [9.17, 15) is 22.8 Å². The average molecular weight is 420 g/mol. The van der Waals surface area contributed by atoms with Gasteiger partial charge in [0.25, 0.3) is 0 Å². The minimum atomic E-state index is -4.54. The van der Waals surface area contributed by atoms with Crippen LogP contribution in [0.5, 0.6) is 0 Å². The van der Waals surface area contributed by atoms with Crippen LogP contribution in [0, 0.1) is 5.92 Å². The van der Waals surface area contributed by atoms with Gasteiger partial charge in [-0.1, -0.05) is 30.0 Å². The lowest BCUT2D eigenvalue weighted by atomic mass is 9.97. The summed E-state index contributed by atoms with van der Waals surface area (Å²) in [4.78, 5) is 26.5. The Kier molecular flexibility index (Phi) is 6.47. The third-order valence-corrected chi connectivity index (χ3v) is 5.42. The molecule has 0 bridgehead atoms. The Morgan fingerprint density at radius 2 is 1.83 bits per heavy atom. The molecular weight excluding hydrogens is 401 g/mol. The Bertz CT molecular complexity index is 932. The Morgan fingerprint density at radius 1 is 1.14 bits per heavy atom. The van der Waals surface area contributed by atoms with E-state index >= 15 is 0 Å². The van der Waals surface area contributed by atoms with E-state index in [1.54, 1.807) is 37.3 Å². The molecule has 2 aromatic carbocycles. The number of halogens is 3. The van der Waals surface area contributed by atoms with E-state index in [1.165, 1.54) is 0 Å². The van der Waals surface area contributed by atoms with Crippen molar-refractivity contribution >= 4 is 23.3 Å². The summed E-state index contributed by atoms with van der Waals surface area (Å²) in [6.45, 7) is 1.99. The molecule has 0 heterocycles. The van der Waals surface area contributed by atoms with Crippen molar-refractivity contribution in [2.45, 2.75) is 35.7 Å². The van der Waals surface area contributed by atoms with Crippen LogP contribution in [-0.4, -0.2) is 18.2 Å². The highest BCUT2D eigenvalue weighted by atomic mass is 32.2. The van der Waals surface area contributed by atoms with E-state index in [2.05, 4.69) is 0 Å². The van der Waals surface area contributed by atoms with E-state index in [4.69, 9.17) is 4.74 Å². The summed E-state index contributed by atoms with van der Waals surface area (Å²) in [6.07, 6.45) is -2.00. The molecule has 152 valence electrons. The zero-order chi connectivity index (χ0) is 21.0. The second-order valence-corrected chi connectivity index (χ2v) is 7.69. The highest BCUT2D eigenvalue weighted by molar-refractivity contribution is 7.99. The first-order valence-electron chi connectivity index (χ1n) is 9.16. The first-order chi connectivity index (χ1) is 13.8. The van der Waals surface area contributed by atoms with Crippen molar-refractivity contribution in [1.29, 1.82) is 0 Å². The molecule has 0 N–H and O–H groups in total. The lowest BCUT2D eigenvalue weighted by Crippen LogP contribution is -2.17. The molecule has 0 atom stereocenters. The molecule has 0 unspecified atom stereocenters. The highest BCUT2D eigenvalue weighted by Gasteiger charge is 2.36. The van der Waals surface area contributed by atoms with Gasteiger partial charge >= 0.3 is 6.18 Å². The maximum Gasteiger partial charge on any atom is 0.416 e. The second-order valence-electron chi connectivity index (χ2n) is 6.58. The quantitative estimate of drug-likeness (QED) is 0.174. The number of ketones is 2. The summed E-state index contributed by atoms with van der Waals surface area (Å²) in [6, 6.07) is 11.7. The van der Waals surface area contributed by atoms with Crippen LogP contribution in [0.1, 0.15) is 35.7 Å². The fraction of sp³-hybridized carbons (Fsp3) is 0.273. The van der Waals surface area contributed by atoms with Gasteiger partial charge in [-0.25, -0.2) is 0 Å². The van der Waals surface area contributed by atoms with Crippen LogP contribution in [0.15, 0.2) is 70.2 Å². The molecule has 0 amide bonds. The fourth-order valence-electron chi connectivity index (χ4n) is 2.69. The Labute approximate surface area is 170 Å². The molecule has 0 aromatic heterocycles. The van der Waals surface area contributed by atoms with Crippen LogP contribution in [0.4, 0.5) is 13.2 Å². The van der Waals surface area contributed by atoms with Crippen molar-refractivity contribution in [2.24, 2.45) is 5.92 Å². The first-order valence-corrected chi connectivity index (χ1v) is 9.97. The summed E-state index contributed by atoms with van der Waals surface area (Å²) < 4.78 is 44.9. The topological polar surface area (TPSA) is 43.4 Å². The predicted octanol–water partition coefficient (Wildman–Crippen LogP) is 5.94. The molecule has 0 saturated heterocycles. The van der Waals surface area contributed by atoms with Gasteiger partial charge in [0, 0.05) is 21.3 Å². The minimum absolute atomic E-state index is 0.0480. The molecule has 1 fully saturated rings. The van der Waals surface area contributed by atoms with Crippen molar-refractivity contribution < 1.29 is 27.5 Å². The van der Waals surface area contributed by atoms with Crippen molar-refractivity contribution in [1.82, 2.24) is 0 Å². The number of carbonyl (C=O) groups is 2. The molecule has 1 aliphatic carbocycles. The second kappa shape index (κ2) is 8.86. The first kappa shape index (κ1) is 21.2. The molecular formula is C22H19F3O3S. The number of rotatable bonds is 8. The van der Waals surface area contributed by atoms with Crippen molar-refractivity contribution in [3.63, 3.8) is 0 Å². The summed E-state index contributed by atoms with van der Waals surface area (Å²) in [7, 11) is 0. The number of hydrogen-bond donors (Lipinski definition) is 0. The molecule has 0 spiro atoms. The smallest absolute Gasteiger partial charge is 0.416 e. The molecule has 1 saturated carbocycles. The third-order valence-electron chi connectivity index (χ3n) is 4.35. The molecule has 3 nitrogen and oxygen atoms in total. The number of Topliss-reactive ketones (excluding diaryl/α,β-unsaturated/α-hetero) is 2. The third kappa shape index (κ3) is 5.29. The van der Waals surface area contributed by atoms with E-state index < -0.39 is 17.5 Å². The van der Waals surface area contributed by atoms with Gasteiger partial charge in [0.1, 0.15) is 5.57 Å². The molecule has 0 radical (unpaired) electrons. The number of hydrogen-bond acceptors (Lipinski definition) is 4. The number of benzene rings is 2. The number of allylic oxidation sites excluding steroid dienone is 1.